The zero-order valence-electron chi connectivity index (χ0n) is 14.5. The Kier molecular flexibility index (Phi) is 11.6. The van der Waals surface area contributed by atoms with E-state index in [-0.39, 0.29) is 5.97 Å². The third-order valence-electron chi connectivity index (χ3n) is 3.75. The van der Waals surface area contributed by atoms with E-state index in [1.54, 1.807) is 7.11 Å². The van der Waals surface area contributed by atoms with Crippen LogP contribution in [0.4, 0.5) is 0 Å². The first-order chi connectivity index (χ1) is 10.0. The standard InChI is InChI=1S/C16H34N2O3/c1-6-17-16(4,15(19)21-8-3)11-9-10-12-18(7-2)13-14-20-5/h17H,6-14H2,1-5H3. The highest BCUT2D eigenvalue weighted by Gasteiger charge is 2.32. The number of likely N-dealkylation sites (N-methyl/N-ethyl adjacent to an activating group) is 2. The van der Waals surface area contributed by atoms with E-state index >= 15 is 0 Å². The first-order valence-electron chi connectivity index (χ1n) is 8.17. The number of carbonyl (C=O) groups is 1. The number of methoxy groups -OCH3 is 1. The first-order valence-corrected chi connectivity index (χ1v) is 8.17. The zero-order valence-corrected chi connectivity index (χ0v) is 14.5. The molecule has 0 amide bonds. The van der Waals surface area contributed by atoms with Gasteiger partial charge in [0.2, 0.25) is 0 Å². The van der Waals surface area contributed by atoms with Gasteiger partial charge in [0.25, 0.3) is 0 Å². The molecule has 0 radical (unpaired) electrons. The molecule has 0 saturated carbocycles. The van der Waals surface area contributed by atoms with Gasteiger partial charge in [0.15, 0.2) is 0 Å². The van der Waals surface area contributed by atoms with Crippen molar-refractivity contribution < 1.29 is 14.3 Å². The third kappa shape index (κ3) is 8.39. The quantitative estimate of drug-likeness (QED) is 0.417. The van der Waals surface area contributed by atoms with Crippen LogP contribution in [0.25, 0.3) is 0 Å². The van der Waals surface area contributed by atoms with Crippen LogP contribution in [0.2, 0.25) is 0 Å². The summed E-state index contributed by atoms with van der Waals surface area (Å²) in [5, 5.41) is 3.27. The van der Waals surface area contributed by atoms with Crippen LogP contribution in [-0.2, 0) is 14.3 Å². The fraction of sp³-hybridized carbons (Fsp3) is 0.938. The summed E-state index contributed by atoms with van der Waals surface area (Å²) >= 11 is 0. The summed E-state index contributed by atoms with van der Waals surface area (Å²) in [5.41, 5.74) is -0.561. The monoisotopic (exact) mass is 302 g/mol. The van der Waals surface area contributed by atoms with Crippen molar-refractivity contribution in [3.05, 3.63) is 0 Å². The fourth-order valence-corrected chi connectivity index (χ4v) is 2.41. The molecular formula is C16H34N2O3. The second-order valence-electron chi connectivity index (χ2n) is 5.47. The lowest BCUT2D eigenvalue weighted by atomic mass is 9.94. The van der Waals surface area contributed by atoms with Crippen LogP contribution in [0.5, 0.6) is 0 Å². The number of unbranched alkanes of at least 4 members (excludes halogenated alkanes) is 1. The lowest BCUT2D eigenvalue weighted by Crippen LogP contribution is -2.50. The first kappa shape index (κ1) is 20.3. The summed E-state index contributed by atoms with van der Waals surface area (Å²) in [4.78, 5) is 14.4. The Labute approximate surface area is 130 Å². The van der Waals surface area contributed by atoms with E-state index in [1.165, 1.54) is 0 Å². The van der Waals surface area contributed by atoms with E-state index in [1.807, 2.05) is 20.8 Å². The molecule has 1 N–H and O–H groups in total. The lowest BCUT2D eigenvalue weighted by Gasteiger charge is -2.28. The number of nitrogens with zero attached hydrogens (tertiary/aromatic N) is 1. The third-order valence-corrected chi connectivity index (χ3v) is 3.75. The second-order valence-corrected chi connectivity index (χ2v) is 5.47. The van der Waals surface area contributed by atoms with Crippen molar-refractivity contribution >= 4 is 5.97 Å². The minimum absolute atomic E-state index is 0.140. The topological polar surface area (TPSA) is 50.8 Å². The molecular weight excluding hydrogens is 268 g/mol. The number of ether oxygens (including phenoxy) is 2. The van der Waals surface area contributed by atoms with Crippen molar-refractivity contribution in [2.75, 3.05) is 46.5 Å². The molecule has 0 bridgehead atoms. The highest BCUT2D eigenvalue weighted by Crippen LogP contribution is 2.16. The summed E-state index contributed by atoms with van der Waals surface area (Å²) in [6.45, 7) is 13.0. The average Bonchev–Trinajstić information content (AvgIpc) is 2.47. The molecule has 0 aliphatic carbocycles. The van der Waals surface area contributed by atoms with Crippen LogP contribution in [0, 0.1) is 0 Å². The summed E-state index contributed by atoms with van der Waals surface area (Å²) < 4.78 is 10.3. The van der Waals surface area contributed by atoms with Crippen LogP contribution in [0.1, 0.15) is 47.0 Å². The lowest BCUT2D eigenvalue weighted by molar-refractivity contribution is -0.150. The number of hydrogen-bond donors (Lipinski definition) is 1. The van der Waals surface area contributed by atoms with Crippen LogP contribution < -0.4 is 5.32 Å². The van der Waals surface area contributed by atoms with Crippen LogP contribution >= 0.6 is 0 Å². The highest BCUT2D eigenvalue weighted by molar-refractivity contribution is 5.80. The molecule has 5 nitrogen and oxygen atoms in total. The molecule has 0 rings (SSSR count). The van der Waals surface area contributed by atoms with E-state index in [4.69, 9.17) is 9.47 Å². The maximum Gasteiger partial charge on any atom is 0.326 e. The van der Waals surface area contributed by atoms with E-state index in [0.717, 1.165) is 52.0 Å². The number of nitrogens with one attached hydrogen (secondary N) is 1. The average molecular weight is 302 g/mol. The fourth-order valence-electron chi connectivity index (χ4n) is 2.41. The van der Waals surface area contributed by atoms with Crippen LogP contribution in [0.15, 0.2) is 0 Å². The van der Waals surface area contributed by atoms with E-state index in [2.05, 4.69) is 17.1 Å². The molecule has 0 aromatic carbocycles. The highest BCUT2D eigenvalue weighted by atomic mass is 16.5. The smallest absolute Gasteiger partial charge is 0.326 e. The molecule has 0 aromatic heterocycles. The summed E-state index contributed by atoms with van der Waals surface area (Å²) in [6, 6.07) is 0. The van der Waals surface area contributed by atoms with Crippen molar-refractivity contribution in [3.63, 3.8) is 0 Å². The van der Waals surface area contributed by atoms with Gasteiger partial charge in [-0.05, 0) is 52.7 Å². The minimum Gasteiger partial charge on any atom is -0.465 e. The Morgan fingerprint density at radius 2 is 1.90 bits per heavy atom. The molecule has 0 aliphatic rings. The zero-order chi connectivity index (χ0) is 16.1. The van der Waals surface area contributed by atoms with Gasteiger partial charge in [0.1, 0.15) is 5.54 Å². The van der Waals surface area contributed by atoms with Crippen molar-refractivity contribution in [2.45, 2.75) is 52.5 Å². The van der Waals surface area contributed by atoms with Gasteiger partial charge >= 0.3 is 5.97 Å². The molecule has 0 fully saturated rings. The summed E-state index contributed by atoms with van der Waals surface area (Å²) in [5.74, 6) is -0.140. The molecule has 5 heteroatoms. The number of esters is 1. The van der Waals surface area contributed by atoms with E-state index in [0.29, 0.717) is 6.61 Å². The van der Waals surface area contributed by atoms with Gasteiger partial charge < -0.3 is 19.7 Å². The molecule has 21 heavy (non-hydrogen) atoms. The Hall–Kier alpha value is -0.650. The normalized spacial score (nSPS) is 14.2. The Balaban J connectivity index is 4.16. The van der Waals surface area contributed by atoms with E-state index in [9.17, 15) is 4.79 Å². The molecule has 0 spiro atoms. The van der Waals surface area contributed by atoms with Crippen LogP contribution in [0.3, 0.4) is 0 Å². The van der Waals surface area contributed by atoms with Gasteiger partial charge in [-0.25, -0.2) is 0 Å². The SMILES string of the molecule is CCNC(C)(CCCCN(CC)CCOC)C(=O)OCC. The van der Waals surface area contributed by atoms with Gasteiger partial charge in [-0.1, -0.05) is 13.8 Å². The minimum atomic E-state index is -0.561. The number of rotatable bonds is 13. The number of carbonyl (C=O) groups excluding carboxylic acids is 1. The molecule has 0 saturated heterocycles. The van der Waals surface area contributed by atoms with Gasteiger partial charge in [-0.3, -0.25) is 4.79 Å². The van der Waals surface area contributed by atoms with E-state index < -0.39 is 5.54 Å². The van der Waals surface area contributed by atoms with Gasteiger partial charge in [-0.2, -0.15) is 0 Å². The maximum atomic E-state index is 12.1. The van der Waals surface area contributed by atoms with Crippen molar-refractivity contribution in [2.24, 2.45) is 0 Å². The molecule has 1 unspecified atom stereocenters. The van der Waals surface area contributed by atoms with Crippen molar-refractivity contribution in [3.8, 4) is 0 Å². The molecule has 126 valence electrons. The molecule has 1 atom stereocenters. The Morgan fingerprint density at radius 3 is 2.43 bits per heavy atom. The second kappa shape index (κ2) is 12.0. The predicted octanol–water partition coefficient (Wildman–Crippen LogP) is 2.06. The van der Waals surface area contributed by atoms with Gasteiger partial charge in [0.05, 0.1) is 13.2 Å². The van der Waals surface area contributed by atoms with Crippen molar-refractivity contribution in [1.82, 2.24) is 10.2 Å². The summed E-state index contributed by atoms with van der Waals surface area (Å²) in [6.07, 6.45) is 2.89. The molecule has 0 aliphatic heterocycles. The molecule has 0 heterocycles. The maximum absolute atomic E-state index is 12.1. The van der Waals surface area contributed by atoms with Crippen molar-refractivity contribution in [1.29, 1.82) is 0 Å². The predicted molar refractivity (Wildman–Crippen MR) is 86.6 cm³/mol. The van der Waals surface area contributed by atoms with Crippen LogP contribution in [-0.4, -0.2) is 62.9 Å². The largest absolute Gasteiger partial charge is 0.465 e. The van der Waals surface area contributed by atoms with Gasteiger partial charge in [-0.15, -0.1) is 0 Å². The Morgan fingerprint density at radius 1 is 1.19 bits per heavy atom. The number of hydrogen-bond acceptors (Lipinski definition) is 5. The van der Waals surface area contributed by atoms with Gasteiger partial charge in [0, 0.05) is 13.7 Å². The Bertz CT molecular complexity index is 274. The molecule has 0 aromatic rings. The summed E-state index contributed by atoms with van der Waals surface area (Å²) in [7, 11) is 1.73.